The van der Waals surface area contributed by atoms with Crippen LogP contribution in [0.15, 0.2) is 70.3 Å². The number of nitrogens with zero attached hydrogens (tertiary/aromatic N) is 2. The first kappa shape index (κ1) is 21.7. The fraction of sp³-hybridized carbons (Fsp3) is 0.120. The number of halogens is 1. The van der Waals surface area contributed by atoms with Crippen LogP contribution in [-0.2, 0) is 4.79 Å². The molecule has 2 aromatic carbocycles. The number of para-hydroxylation sites is 1. The van der Waals surface area contributed by atoms with Crippen molar-refractivity contribution in [2.45, 2.75) is 19.9 Å². The number of fused-ring (bicyclic) bond motifs is 1. The number of hydrogen-bond donors (Lipinski definition) is 1. The lowest BCUT2D eigenvalue weighted by atomic mass is 9.95. The number of anilines is 1. The van der Waals surface area contributed by atoms with Crippen LogP contribution in [0.25, 0.3) is 11.0 Å². The molecule has 5 rings (SSSR count). The normalized spacial score (nSPS) is 16.0. The first-order chi connectivity index (χ1) is 16.3. The van der Waals surface area contributed by atoms with E-state index in [1.807, 2.05) is 0 Å². The van der Waals surface area contributed by atoms with Crippen molar-refractivity contribution >= 4 is 44.9 Å². The van der Waals surface area contributed by atoms with Gasteiger partial charge in [-0.15, -0.1) is 0 Å². The number of furan rings is 1. The molecule has 4 aromatic rings. The van der Waals surface area contributed by atoms with Gasteiger partial charge in [-0.25, -0.2) is 9.37 Å². The van der Waals surface area contributed by atoms with Gasteiger partial charge in [0.1, 0.15) is 11.4 Å². The number of carbonyl (C=O) groups is 3. The summed E-state index contributed by atoms with van der Waals surface area (Å²) in [6, 6.07) is 12.7. The Bertz CT molecular complexity index is 1480. The maximum absolute atomic E-state index is 13.7. The molecule has 1 N–H and O–H groups in total. The van der Waals surface area contributed by atoms with Crippen LogP contribution in [0.2, 0.25) is 0 Å². The van der Waals surface area contributed by atoms with Crippen LogP contribution in [0.3, 0.4) is 0 Å². The van der Waals surface area contributed by atoms with Crippen LogP contribution < -0.4 is 4.90 Å². The molecular weight excluding hydrogens is 459 g/mol. The maximum Gasteiger partial charge on any atom is 0.296 e. The molecule has 0 saturated carbocycles. The minimum Gasteiger partial charge on any atom is -0.503 e. The van der Waals surface area contributed by atoms with Crippen molar-refractivity contribution in [1.29, 1.82) is 0 Å². The summed E-state index contributed by atoms with van der Waals surface area (Å²) >= 11 is 0.983. The molecule has 1 aliphatic heterocycles. The van der Waals surface area contributed by atoms with Crippen LogP contribution in [0, 0.1) is 12.7 Å². The third-order valence-corrected chi connectivity index (χ3v) is 6.86. The second-order valence-electron chi connectivity index (χ2n) is 7.84. The van der Waals surface area contributed by atoms with Crippen molar-refractivity contribution in [2.24, 2.45) is 0 Å². The highest BCUT2D eigenvalue weighted by atomic mass is 32.1. The van der Waals surface area contributed by atoms with Gasteiger partial charge in [0.15, 0.2) is 22.4 Å². The average Bonchev–Trinajstić information content (AvgIpc) is 3.48. The summed E-state index contributed by atoms with van der Waals surface area (Å²) in [4.78, 5) is 44.6. The number of aromatic nitrogens is 1. The minimum absolute atomic E-state index is 0.0516. The van der Waals surface area contributed by atoms with Gasteiger partial charge < -0.3 is 9.52 Å². The number of aliphatic hydroxyl groups excluding tert-OH is 1. The highest BCUT2D eigenvalue weighted by molar-refractivity contribution is 7.17. The molecule has 3 heterocycles. The van der Waals surface area contributed by atoms with Crippen LogP contribution in [0.1, 0.15) is 44.4 Å². The van der Waals surface area contributed by atoms with Crippen molar-refractivity contribution in [3.63, 3.8) is 0 Å². The molecule has 7 nitrogen and oxygen atoms in total. The zero-order chi connectivity index (χ0) is 24.1. The van der Waals surface area contributed by atoms with E-state index in [1.54, 1.807) is 31.2 Å². The molecule has 2 aromatic heterocycles. The fourth-order valence-corrected chi connectivity index (χ4v) is 5.02. The quantitative estimate of drug-likeness (QED) is 0.391. The van der Waals surface area contributed by atoms with Gasteiger partial charge >= 0.3 is 0 Å². The van der Waals surface area contributed by atoms with Gasteiger partial charge in [0.2, 0.25) is 5.78 Å². The van der Waals surface area contributed by atoms with Gasteiger partial charge in [0.25, 0.3) is 5.91 Å². The Labute approximate surface area is 196 Å². The molecule has 1 aliphatic rings. The predicted molar refractivity (Wildman–Crippen MR) is 124 cm³/mol. The molecule has 9 heteroatoms. The molecule has 0 radical (unpaired) electrons. The van der Waals surface area contributed by atoms with E-state index >= 15 is 0 Å². The zero-order valence-electron chi connectivity index (χ0n) is 18.0. The van der Waals surface area contributed by atoms with Gasteiger partial charge in [0, 0.05) is 12.3 Å². The standard InChI is InChI=1S/C25H17FN2O5S/c1-12-23(13(2)29)34-25(27-12)28-20(14-7-9-16(26)10-8-14)19(22(31)24(28)32)21(30)18-11-15-5-3-4-6-17(15)33-18/h3-11,20,31H,1-2H3/t20-/m1/s1. The van der Waals surface area contributed by atoms with Gasteiger partial charge in [0.05, 0.1) is 22.2 Å². The zero-order valence-corrected chi connectivity index (χ0v) is 18.9. The molecule has 1 atom stereocenters. The lowest BCUT2D eigenvalue weighted by Gasteiger charge is -2.24. The summed E-state index contributed by atoms with van der Waals surface area (Å²) in [6.07, 6.45) is 0. The first-order valence-electron chi connectivity index (χ1n) is 10.3. The number of ketones is 2. The number of thiazole rings is 1. The van der Waals surface area contributed by atoms with Crippen LogP contribution >= 0.6 is 11.3 Å². The van der Waals surface area contributed by atoms with E-state index in [2.05, 4.69) is 4.98 Å². The number of Topliss-reactive ketones (excluding diaryl/α,β-unsaturated/α-hetero) is 2. The van der Waals surface area contributed by atoms with Gasteiger partial charge in [-0.1, -0.05) is 41.7 Å². The largest absolute Gasteiger partial charge is 0.503 e. The number of aryl methyl sites for hydroxylation is 1. The van der Waals surface area contributed by atoms with Crippen molar-refractivity contribution in [2.75, 3.05) is 4.90 Å². The summed E-state index contributed by atoms with van der Waals surface area (Å²) in [6.45, 7) is 3.03. The topological polar surface area (TPSA) is 101 Å². The van der Waals surface area contributed by atoms with Gasteiger partial charge in [-0.3, -0.25) is 19.3 Å². The minimum atomic E-state index is -1.10. The lowest BCUT2D eigenvalue weighted by molar-refractivity contribution is -0.117. The van der Waals surface area contributed by atoms with E-state index in [-0.39, 0.29) is 22.2 Å². The van der Waals surface area contributed by atoms with Crippen molar-refractivity contribution in [3.8, 4) is 0 Å². The Hall–Kier alpha value is -4.11. The third kappa shape index (κ3) is 3.41. The molecule has 0 bridgehead atoms. The Balaban J connectivity index is 1.67. The maximum atomic E-state index is 13.7. The van der Waals surface area contributed by atoms with Crippen molar-refractivity contribution in [3.05, 3.63) is 93.6 Å². The molecule has 1 amide bonds. The Kier molecular flexibility index (Phi) is 5.13. The second-order valence-corrected chi connectivity index (χ2v) is 8.81. The molecule has 0 spiro atoms. The number of hydrogen-bond acceptors (Lipinski definition) is 7. The number of amides is 1. The number of rotatable bonds is 5. The summed E-state index contributed by atoms with van der Waals surface area (Å²) in [5.41, 5.74) is 1.07. The van der Waals surface area contributed by atoms with E-state index in [9.17, 15) is 23.9 Å². The lowest BCUT2D eigenvalue weighted by Crippen LogP contribution is -2.31. The summed E-state index contributed by atoms with van der Waals surface area (Å²) in [7, 11) is 0. The first-order valence-corrected chi connectivity index (χ1v) is 11.1. The van der Waals surface area contributed by atoms with Crippen LogP contribution in [-0.4, -0.2) is 27.6 Å². The highest BCUT2D eigenvalue weighted by Crippen LogP contribution is 2.44. The van der Waals surface area contributed by atoms with Crippen molar-refractivity contribution < 1.29 is 28.3 Å². The molecule has 0 unspecified atom stereocenters. The van der Waals surface area contributed by atoms with E-state index in [1.165, 1.54) is 37.3 Å². The molecule has 0 saturated heterocycles. The summed E-state index contributed by atoms with van der Waals surface area (Å²) in [5.74, 6) is -3.05. The van der Waals surface area contributed by atoms with Gasteiger partial charge in [-0.2, -0.15) is 0 Å². The smallest absolute Gasteiger partial charge is 0.296 e. The Morgan fingerprint density at radius 3 is 2.50 bits per heavy atom. The summed E-state index contributed by atoms with van der Waals surface area (Å²) < 4.78 is 19.3. The molecule has 170 valence electrons. The number of benzene rings is 2. The monoisotopic (exact) mass is 476 g/mol. The van der Waals surface area contributed by atoms with Crippen LogP contribution in [0.4, 0.5) is 9.52 Å². The van der Waals surface area contributed by atoms with Crippen LogP contribution in [0.5, 0.6) is 0 Å². The fourth-order valence-electron chi connectivity index (χ4n) is 4.03. The molecule has 0 aliphatic carbocycles. The number of aliphatic hydroxyl groups is 1. The highest BCUT2D eigenvalue weighted by Gasteiger charge is 2.46. The molecular formula is C25H17FN2O5S. The molecule has 0 fully saturated rings. The van der Waals surface area contributed by atoms with Crippen molar-refractivity contribution in [1.82, 2.24) is 4.98 Å². The van der Waals surface area contributed by atoms with E-state index in [4.69, 9.17) is 4.42 Å². The Morgan fingerprint density at radius 1 is 1.15 bits per heavy atom. The van der Waals surface area contributed by atoms with Gasteiger partial charge in [-0.05, 0) is 36.8 Å². The SMILES string of the molecule is CC(=O)c1sc(N2C(=O)C(O)=C(C(=O)c3cc4ccccc4o3)[C@H]2c2ccc(F)cc2)nc1C. The second kappa shape index (κ2) is 8.03. The third-order valence-electron chi connectivity index (χ3n) is 5.60. The van der Waals surface area contributed by atoms with E-state index in [0.29, 0.717) is 27.1 Å². The Morgan fingerprint density at radius 2 is 1.85 bits per heavy atom. The average molecular weight is 476 g/mol. The number of carbonyl (C=O) groups excluding carboxylic acids is 3. The van der Waals surface area contributed by atoms with E-state index in [0.717, 1.165) is 16.2 Å². The predicted octanol–water partition coefficient (Wildman–Crippen LogP) is 5.32. The summed E-state index contributed by atoms with van der Waals surface area (Å²) in [5, 5.41) is 11.7. The van der Waals surface area contributed by atoms with E-state index < -0.39 is 29.3 Å². The molecule has 34 heavy (non-hydrogen) atoms.